The van der Waals surface area contributed by atoms with Gasteiger partial charge in [0.25, 0.3) is 5.70 Å². The molecular formula is C13H13ClN2O3. The summed E-state index contributed by atoms with van der Waals surface area (Å²) in [6.07, 6.45) is 2.89. The number of nitrogens with zero attached hydrogens (tertiary/aromatic N) is 2. The summed E-state index contributed by atoms with van der Waals surface area (Å²) in [5, 5.41) is 11.2. The highest BCUT2D eigenvalue weighted by Crippen LogP contribution is 2.20. The molecule has 0 atom stereocenters. The zero-order valence-corrected chi connectivity index (χ0v) is 11.1. The van der Waals surface area contributed by atoms with Crippen LogP contribution in [-0.4, -0.2) is 23.5 Å². The molecular weight excluding hydrogens is 268 g/mol. The lowest BCUT2D eigenvalue weighted by molar-refractivity contribution is -0.420. The third-order valence-electron chi connectivity index (χ3n) is 2.73. The molecule has 0 spiro atoms. The lowest BCUT2D eigenvalue weighted by Crippen LogP contribution is -2.23. The van der Waals surface area contributed by atoms with Gasteiger partial charge in [-0.2, -0.15) is 0 Å². The van der Waals surface area contributed by atoms with Gasteiger partial charge in [-0.25, -0.2) is 0 Å². The van der Waals surface area contributed by atoms with Crippen LogP contribution in [0.2, 0.25) is 0 Å². The van der Waals surface area contributed by atoms with Gasteiger partial charge in [0.15, 0.2) is 0 Å². The van der Waals surface area contributed by atoms with E-state index in [1.165, 1.54) is 12.3 Å². The zero-order valence-electron chi connectivity index (χ0n) is 10.4. The van der Waals surface area contributed by atoms with Crippen molar-refractivity contribution in [3.05, 3.63) is 62.9 Å². The third kappa shape index (κ3) is 3.48. The summed E-state index contributed by atoms with van der Waals surface area (Å²) in [6.45, 7) is 1.04. The molecule has 1 aromatic carbocycles. The second-order valence-corrected chi connectivity index (χ2v) is 4.64. The van der Waals surface area contributed by atoms with Crippen LogP contribution < -0.4 is 4.74 Å². The minimum atomic E-state index is -0.442. The van der Waals surface area contributed by atoms with Crippen molar-refractivity contribution in [1.82, 2.24) is 4.90 Å². The van der Waals surface area contributed by atoms with Crippen LogP contribution in [0, 0.1) is 10.1 Å². The van der Waals surface area contributed by atoms with Crippen LogP contribution >= 0.6 is 11.6 Å². The maximum absolute atomic E-state index is 10.8. The number of allylic oxidation sites excluding steroid dienone is 1. The van der Waals surface area contributed by atoms with Gasteiger partial charge in [0, 0.05) is 17.7 Å². The molecule has 0 aliphatic carbocycles. The van der Waals surface area contributed by atoms with E-state index in [4.69, 9.17) is 16.3 Å². The first kappa shape index (κ1) is 13.4. The van der Waals surface area contributed by atoms with Crippen LogP contribution in [0.3, 0.4) is 0 Å². The van der Waals surface area contributed by atoms with Crippen molar-refractivity contribution < 1.29 is 9.66 Å². The van der Waals surface area contributed by atoms with Gasteiger partial charge in [-0.05, 0) is 17.7 Å². The number of hydrogen-bond acceptors (Lipinski definition) is 4. The van der Waals surface area contributed by atoms with Gasteiger partial charge in [0.2, 0.25) is 0 Å². The molecule has 5 nitrogen and oxygen atoms in total. The Hall–Kier alpha value is -2.01. The van der Waals surface area contributed by atoms with E-state index in [0.717, 1.165) is 11.3 Å². The second kappa shape index (κ2) is 5.75. The van der Waals surface area contributed by atoms with E-state index < -0.39 is 4.92 Å². The van der Waals surface area contributed by atoms with Crippen LogP contribution in [0.25, 0.3) is 0 Å². The van der Waals surface area contributed by atoms with Gasteiger partial charge in [0.1, 0.15) is 5.75 Å². The number of hydrogen-bond donors (Lipinski definition) is 0. The Morgan fingerprint density at radius 2 is 2.11 bits per heavy atom. The predicted molar refractivity (Wildman–Crippen MR) is 72.4 cm³/mol. The standard InChI is InChI=1S/C13H13ClN2O3/c1-19-13-4-2-10(3-5-13)7-15-8-11(14)6-12(9-15)16(17)18/h2-6,9H,7-8H2,1H3. The maximum atomic E-state index is 10.8. The molecule has 0 N–H and O–H groups in total. The molecule has 1 heterocycles. The topological polar surface area (TPSA) is 55.6 Å². The number of benzene rings is 1. The molecule has 6 heteroatoms. The summed E-state index contributed by atoms with van der Waals surface area (Å²) >= 11 is 5.92. The number of halogens is 1. The Bertz CT molecular complexity index is 537. The van der Waals surface area contributed by atoms with Crippen molar-refractivity contribution in [3.63, 3.8) is 0 Å². The highest BCUT2D eigenvalue weighted by molar-refractivity contribution is 6.30. The first-order chi connectivity index (χ1) is 9.08. The summed E-state index contributed by atoms with van der Waals surface area (Å²) in [5.74, 6) is 0.779. The number of methoxy groups -OCH3 is 1. The molecule has 0 fully saturated rings. The van der Waals surface area contributed by atoms with Crippen molar-refractivity contribution >= 4 is 11.6 Å². The van der Waals surface area contributed by atoms with E-state index in [9.17, 15) is 10.1 Å². The van der Waals surface area contributed by atoms with Crippen molar-refractivity contribution in [2.24, 2.45) is 0 Å². The average Bonchev–Trinajstić information content (AvgIpc) is 2.39. The monoisotopic (exact) mass is 280 g/mol. The SMILES string of the molecule is COc1ccc(CN2C=C([N+](=O)[O-])C=C(Cl)C2)cc1. The van der Waals surface area contributed by atoms with Crippen LogP contribution in [0.4, 0.5) is 0 Å². The summed E-state index contributed by atoms with van der Waals surface area (Å²) < 4.78 is 5.08. The van der Waals surface area contributed by atoms with E-state index in [1.807, 2.05) is 29.2 Å². The first-order valence-corrected chi connectivity index (χ1v) is 6.05. The fourth-order valence-corrected chi connectivity index (χ4v) is 2.10. The van der Waals surface area contributed by atoms with Crippen molar-refractivity contribution in [2.45, 2.75) is 6.54 Å². The summed E-state index contributed by atoms with van der Waals surface area (Å²) in [4.78, 5) is 12.1. The van der Waals surface area contributed by atoms with Crippen LogP contribution in [0.15, 0.2) is 47.3 Å². The molecule has 100 valence electrons. The van der Waals surface area contributed by atoms with Crippen LogP contribution in [-0.2, 0) is 6.54 Å². The van der Waals surface area contributed by atoms with Crippen LogP contribution in [0.1, 0.15) is 5.56 Å². The summed E-state index contributed by atoms with van der Waals surface area (Å²) in [6, 6.07) is 7.55. The molecule has 1 aromatic rings. The first-order valence-electron chi connectivity index (χ1n) is 5.68. The fraction of sp³-hybridized carbons (Fsp3) is 0.231. The zero-order chi connectivity index (χ0) is 13.8. The van der Waals surface area contributed by atoms with Gasteiger partial charge in [-0.1, -0.05) is 23.7 Å². The smallest absolute Gasteiger partial charge is 0.286 e. The largest absolute Gasteiger partial charge is 0.497 e. The number of ether oxygens (including phenoxy) is 1. The summed E-state index contributed by atoms with van der Waals surface area (Å²) in [7, 11) is 1.61. The second-order valence-electron chi connectivity index (χ2n) is 4.16. The Morgan fingerprint density at radius 1 is 1.42 bits per heavy atom. The van der Waals surface area contributed by atoms with Gasteiger partial charge in [-0.3, -0.25) is 10.1 Å². The molecule has 0 saturated carbocycles. The molecule has 19 heavy (non-hydrogen) atoms. The molecule has 1 aliphatic rings. The fourth-order valence-electron chi connectivity index (χ4n) is 1.84. The third-order valence-corrected chi connectivity index (χ3v) is 2.96. The lowest BCUT2D eigenvalue weighted by Gasteiger charge is -2.22. The van der Waals surface area contributed by atoms with E-state index in [1.54, 1.807) is 7.11 Å². The lowest BCUT2D eigenvalue weighted by atomic mass is 10.2. The van der Waals surface area contributed by atoms with Crippen molar-refractivity contribution in [1.29, 1.82) is 0 Å². The minimum Gasteiger partial charge on any atom is -0.497 e. The highest BCUT2D eigenvalue weighted by Gasteiger charge is 2.18. The molecule has 2 rings (SSSR count). The molecule has 0 unspecified atom stereocenters. The molecule has 0 saturated heterocycles. The minimum absolute atomic E-state index is 0.00441. The van der Waals surface area contributed by atoms with Crippen LogP contribution in [0.5, 0.6) is 5.75 Å². The van der Waals surface area contributed by atoms with E-state index in [-0.39, 0.29) is 5.70 Å². The van der Waals surface area contributed by atoms with Crippen molar-refractivity contribution in [3.8, 4) is 5.75 Å². The maximum Gasteiger partial charge on any atom is 0.286 e. The van der Waals surface area contributed by atoms with Gasteiger partial charge < -0.3 is 9.64 Å². The van der Waals surface area contributed by atoms with E-state index in [2.05, 4.69) is 0 Å². The normalized spacial score (nSPS) is 14.7. The average molecular weight is 281 g/mol. The molecule has 0 aromatic heterocycles. The Kier molecular flexibility index (Phi) is 4.06. The Labute approximate surface area is 115 Å². The van der Waals surface area contributed by atoms with Gasteiger partial charge in [0.05, 0.1) is 24.8 Å². The Morgan fingerprint density at radius 3 is 2.68 bits per heavy atom. The quantitative estimate of drug-likeness (QED) is 0.628. The Balaban J connectivity index is 2.10. The van der Waals surface area contributed by atoms with E-state index >= 15 is 0 Å². The number of nitro groups is 1. The van der Waals surface area contributed by atoms with Gasteiger partial charge >= 0.3 is 0 Å². The molecule has 0 bridgehead atoms. The summed E-state index contributed by atoms with van der Waals surface area (Å²) in [5.41, 5.74) is 1.04. The predicted octanol–water partition coefficient (Wildman–Crippen LogP) is 2.75. The molecule has 0 radical (unpaired) electrons. The van der Waals surface area contributed by atoms with Gasteiger partial charge in [-0.15, -0.1) is 0 Å². The van der Waals surface area contributed by atoms with E-state index in [0.29, 0.717) is 18.1 Å². The highest BCUT2D eigenvalue weighted by atomic mass is 35.5. The number of rotatable bonds is 4. The van der Waals surface area contributed by atoms with Crippen molar-refractivity contribution in [2.75, 3.05) is 13.7 Å². The molecule has 0 amide bonds. The molecule has 1 aliphatic heterocycles.